The number of allylic oxidation sites excluding steroid dienone is 11. The Morgan fingerprint density at radius 1 is 0.440 bits per heavy atom. The second-order valence-corrected chi connectivity index (χ2v) is 12.8. The highest BCUT2D eigenvalue weighted by atomic mass is 16.6. The molecule has 0 fully saturated rings. The van der Waals surface area contributed by atoms with Crippen molar-refractivity contribution in [2.75, 3.05) is 13.2 Å². The van der Waals surface area contributed by atoms with Crippen molar-refractivity contribution in [1.29, 1.82) is 0 Å². The second-order valence-electron chi connectivity index (χ2n) is 12.8. The van der Waals surface area contributed by atoms with Gasteiger partial charge in [-0.25, -0.2) is 0 Å². The van der Waals surface area contributed by atoms with E-state index in [0.717, 1.165) is 70.6 Å². The standard InChI is InChI=1S/C44H72O6/c1-4-7-10-13-16-19-20-21-22-23-26-28-31-34-37-43(46)49-40-41(50-44(47)38-35-32-29-25-18-15-12-9-6-3)39-48-42(45)36-33-30-27-24-17-14-11-8-5-2/h7,9-10,12,16,18-19,24-25,27,32,35,41H,4-6,8,11,13-15,17,20-23,26,28-31,33-34,36-40H2,1-3H3/b10-7-,12-9-,19-16-,25-18-,27-24-,35-32-. The molecule has 284 valence electrons. The van der Waals surface area contributed by atoms with Crippen LogP contribution >= 0.6 is 0 Å². The number of hydrogen-bond acceptors (Lipinski definition) is 6. The van der Waals surface area contributed by atoms with E-state index in [1.165, 1.54) is 51.4 Å². The van der Waals surface area contributed by atoms with Gasteiger partial charge >= 0.3 is 17.9 Å². The van der Waals surface area contributed by atoms with E-state index >= 15 is 0 Å². The van der Waals surface area contributed by atoms with Crippen molar-refractivity contribution in [3.05, 3.63) is 72.9 Å². The first kappa shape index (κ1) is 46.9. The van der Waals surface area contributed by atoms with E-state index in [1.54, 1.807) is 6.08 Å². The molecule has 0 saturated carbocycles. The maximum Gasteiger partial charge on any atom is 0.310 e. The van der Waals surface area contributed by atoms with Crippen LogP contribution in [0.15, 0.2) is 72.9 Å². The van der Waals surface area contributed by atoms with Crippen LogP contribution in [0.5, 0.6) is 0 Å². The van der Waals surface area contributed by atoms with Crippen molar-refractivity contribution in [2.24, 2.45) is 0 Å². The number of esters is 3. The summed E-state index contributed by atoms with van der Waals surface area (Å²) in [7, 11) is 0. The number of hydrogen-bond donors (Lipinski definition) is 0. The zero-order valence-electron chi connectivity index (χ0n) is 32.1. The van der Waals surface area contributed by atoms with Gasteiger partial charge in [0.2, 0.25) is 0 Å². The first-order valence-corrected chi connectivity index (χ1v) is 19.9. The molecule has 6 heteroatoms. The predicted octanol–water partition coefficient (Wildman–Crippen LogP) is 12.4. The fourth-order valence-electron chi connectivity index (χ4n) is 5.01. The summed E-state index contributed by atoms with van der Waals surface area (Å²) in [4.78, 5) is 37.3. The molecule has 50 heavy (non-hydrogen) atoms. The summed E-state index contributed by atoms with van der Waals surface area (Å²) < 4.78 is 16.4. The smallest absolute Gasteiger partial charge is 0.310 e. The largest absolute Gasteiger partial charge is 0.462 e. The van der Waals surface area contributed by atoms with Crippen LogP contribution in [0.25, 0.3) is 0 Å². The van der Waals surface area contributed by atoms with Crippen molar-refractivity contribution < 1.29 is 28.6 Å². The lowest BCUT2D eigenvalue weighted by Crippen LogP contribution is -2.30. The van der Waals surface area contributed by atoms with Crippen molar-refractivity contribution >= 4 is 17.9 Å². The molecule has 0 aromatic carbocycles. The van der Waals surface area contributed by atoms with Crippen LogP contribution in [0, 0.1) is 0 Å². The van der Waals surface area contributed by atoms with Crippen LogP contribution in [-0.4, -0.2) is 37.2 Å². The number of unbranched alkanes of at least 4 members (excludes halogenated alkanes) is 12. The highest BCUT2D eigenvalue weighted by molar-refractivity contribution is 5.72. The Morgan fingerprint density at radius 2 is 0.860 bits per heavy atom. The predicted molar refractivity (Wildman–Crippen MR) is 210 cm³/mol. The second kappa shape index (κ2) is 38.6. The Morgan fingerprint density at radius 3 is 1.42 bits per heavy atom. The summed E-state index contributed by atoms with van der Waals surface area (Å²) in [5, 5.41) is 0. The van der Waals surface area contributed by atoms with Gasteiger partial charge in [0.25, 0.3) is 0 Å². The lowest BCUT2D eigenvalue weighted by Gasteiger charge is -2.18. The molecule has 0 saturated heterocycles. The summed E-state index contributed by atoms with van der Waals surface area (Å²) in [5.74, 6) is -1.11. The minimum absolute atomic E-state index is 0.0973. The molecule has 1 atom stereocenters. The summed E-state index contributed by atoms with van der Waals surface area (Å²) in [5.41, 5.74) is 0. The molecular formula is C44H72O6. The minimum Gasteiger partial charge on any atom is -0.462 e. The van der Waals surface area contributed by atoms with Gasteiger partial charge in [-0.1, -0.05) is 145 Å². The van der Waals surface area contributed by atoms with Gasteiger partial charge in [0.15, 0.2) is 6.10 Å². The molecule has 0 aromatic heterocycles. The van der Waals surface area contributed by atoms with E-state index in [9.17, 15) is 14.4 Å². The van der Waals surface area contributed by atoms with Crippen molar-refractivity contribution in [1.82, 2.24) is 0 Å². The Labute approximate surface area is 306 Å². The van der Waals surface area contributed by atoms with Crippen molar-refractivity contribution in [3.8, 4) is 0 Å². The number of ether oxygens (including phenoxy) is 3. The molecule has 0 spiro atoms. The van der Waals surface area contributed by atoms with E-state index in [4.69, 9.17) is 14.2 Å². The molecule has 0 aliphatic heterocycles. The van der Waals surface area contributed by atoms with Crippen LogP contribution in [-0.2, 0) is 28.6 Å². The monoisotopic (exact) mass is 697 g/mol. The molecule has 0 N–H and O–H groups in total. The van der Waals surface area contributed by atoms with Gasteiger partial charge in [0, 0.05) is 12.8 Å². The molecular weight excluding hydrogens is 624 g/mol. The summed E-state index contributed by atoms with van der Waals surface area (Å²) in [6.07, 6.45) is 46.5. The maximum atomic E-state index is 12.5. The van der Waals surface area contributed by atoms with Crippen molar-refractivity contribution in [3.63, 3.8) is 0 Å². The number of rotatable bonds is 34. The molecule has 0 radical (unpaired) electrons. The fourth-order valence-corrected chi connectivity index (χ4v) is 5.01. The van der Waals surface area contributed by atoms with Gasteiger partial charge in [0.05, 0.1) is 6.42 Å². The lowest BCUT2D eigenvalue weighted by molar-refractivity contribution is -0.166. The third-order valence-electron chi connectivity index (χ3n) is 7.96. The van der Waals surface area contributed by atoms with E-state index < -0.39 is 12.1 Å². The third-order valence-corrected chi connectivity index (χ3v) is 7.96. The normalized spacial score (nSPS) is 12.8. The average Bonchev–Trinajstić information content (AvgIpc) is 3.11. The van der Waals surface area contributed by atoms with Crippen LogP contribution < -0.4 is 0 Å². The Kier molecular flexibility index (Phi) is 36.2. The molecule has 0 aromatic rings. The number of carbonyl (C=O) groups is 3. The van der Waals surface area contributed by atoms with Gasteiger partial charge in [-0.15, -0.1) is 0 Å². The molecule has 6 nitrogen and oxygen atoms in total. The topological polar surface area (TPSA) is 78.9 Å². The van der Waals surface area contributed by atoms with Crippen LogP contribution in [0.4, 0.5) is 0 Å². The zero-order valence-corrected chi connectivity index (χ0v) is 32.1. The molecule has 0 rings (SSSR count). The molecule has 0 aliphatic carbocycles. The quantitative estimate of drug-likeness (QED) is 0.0288. The lowest BCUT2D eigenvalue weighted by atomic mass is 10.1. The molecule has 1 unspecified atom stereocenters. The minimum atomic E-state index is -0.834. The molecule has 0 heterocycles. The van der Waals surface area contributed by atoms with E-state index in [1.807, 2.05) is 6.08 Å². The molecule has 0 amide bonds. The van der Waals surface area contributed by atoms with Gasteiger partial charge in [-0.2, -0.15) is 0 Å². The van der Waals surface area contributed by atoms with Gasteiger partial charge in [-0.05, 0) is 77.0 Å². The van der Waals surface area contributed by atoms with E-state index in [0.29, 0.717) is 19.3 Å². The Bertz CT molecular complexity index is 986. The highest BCUT2D eigenvalue weighted by Crippen LogP contribution is 2.12. The Hall–Kier alpha value is -3.15. The van der Waals surface area contributed by atoms with Gasteiger partial charge in [0.1, 0.15) is 13.2 Å². The van der Waals surface area contributed by atoms with Gasteiger partial charge < -0.3 is 14.2 Å². The number of carbonyl (C=O) groups excluding carboxylic acids is 3. The summed E-state index contributed by atoms with van der Waals surface area (Å²) in [6.45, 7) is 6.21. The average molecular weight is 697 g/mol. The van der Waals surface area contributed by atoms with Crippen LogP contribution in [0.2, 0.25) is 0 Å². The Balaban J connectivity index is 4.47. The first-order valence-electron chi connectivity index (χ1n) is 19.9. The SMILES string of the molecule is CC/C=C\C/C=C\C/C=C\CC(=O)OC(COC(=O)CCC/C=C\CCCCCC)COC(=O)CCCCCCCCC/C=C\C/C=C\CC. The van der Waals surface area contributed by atoms with Crippen LogP contribution in [0.3, 0.4) is 0 Å². The third kappa shape index (κ3) is 36.1. The molecule has 0 bridgehead atoms. The summed E-state index contributed by atoms with van der Waals surface area (Å²) in [6, 6.07) is 0. The molecule has 0 aliphatic rings. The van der Waals surface area contributed by atoms with Crippen LogP contribution in [0.1, 0.15) is 168 Å². The summed E-state index contributed by atoms with van der Waals surface area (Å²) >= 11 is 0. The zero-order chi connectivity index (χ0) is 36.6. The van der Waals surface area contributed by atoms with Gasteiger partial charge in [-0.3, -0.25) is 14.4 Å². The highest BCUT2D eigenvalue weighted by Gasteiger charge is 2.19. The fraction of sp³-hybridized carbons (Fsp3) is 0.659. The van der Waals surface area contributed by atoms with Crippen molar-refractivity contribution in [2.45, 2.75) is 175 Å². The van der Waals surface area contributed by atoms with E-state index in [-0.39, 0.29) is 31.6 Å². The van der Waals surface area contributed by atoms with E-state index in [2.05, 4.69) is 81.5 Å². The first-order chi connectivity index (χ1) is 24.5. The maximum absolute atomic E-state index is 12.5.